The van der Waals surface area contributed by atoms with Gasteiger partial charge in [-0.05, 0) is 39.0 Å². The number of halogens is 1. The standard InChI is InChI=1S/C17H31NO4.ClH/c1-3-11-20-15-10-6-9-14(18)17(19)21-12(2)16(15)22-13-7-4-5-8-13;/h12-16H,3-11,18H2,1-2H3;1H/t12-,14-,15-,16-;/m0./s1. The molecule has 136 valence electrons. The highest BCUT2D eigenvalue weighted by Crippen LogP contribution is 2.28. The van der Waals surface area contributed by atoms with Gasteiger partial charge in [-0.1, -0.05) is 19.8 Å². The van der Waals surface area contributed by atoms with E-state index in [1.54, 1.807) is 0 Å². The van der Waals surface area contributed by atoms with E-state index >= 15 is 0 Å². The third kappa shape index (κ3) is 6.22. The number of quaternary nitrogens is 1. The van der Waals surface area contributed by atoms with Crippen LogP contribution >= 0.6 is 0 Å². The van der Waals surface area contributed by atoms with Crippen LogP contribution in [0.3, 0.4) is 0 Å². The molecule has 2 rings (SSSR count). The lowest BCUT2D eigenvalue weighted by molar-refractivity contribution is -0.410. The first-order chi connectivity index (χ1) is 10.6. The Kier molecular flexibility index (Phi) is 9.44. The van der Waals surface area contributed by atoms with Crippen LogP contribution in [-0.2, 0) is 19.0 Å². The number of esters is 1. The summed E-state index contributed by atoms with van der Waals surface area (Å²) in [7, 11) is 0. The van der Waals surface area contributed by atoms with E-state index in [0.29, 0.717) is 0 Å². The van der Waals surface area contributed by atoms with Crippen molar-refractivity contribution in [2.45, 2.75) is 95.7 Å². The molecule has 2 fully saturated rings. The molecule has 3 N–H and O–H groups in total. The molecule has 1 saturated heterocycles. The molecule has 0 amide bonds. The second-order valence-corrected chi connectivity index (χ2v) is 6.69. The SMILES string of the molecule is CCCO[C@H]1CCC[C@H]([NH3+])C(=O)O[C@@H](C)[C@@H]1OC1CCCC1.[Cl-]. The number of carbonyl (C=O) groups excluding carboxylic acids is 1. The Hall–Kier alpha value is -0.360. The summed E-state index contributed by atoms with van der Waals surface area (Å²) < 4.78 is 18.0. The summed E-state index contributed by atoms with van der Waals surface area (Å²) in [5, 5.41) is 0. The molecule has 0 bridgehead atoms. The minimum absolute atomic E-state index is 0. The fraction of sp³-hybridized carbons (Fsp3) is 0.941. The van der Waals surface area contributed by atoms with Gasteiger partial charge in [0.05, 0.1) is 12.2 Å². The van der Waals surface area contributed by atoms with Crippen LogP contribution in [0.4, 0.5) is 0 Å². The van der Waals surface area contributed by atoms with E-state index in [1.807, 2.05) is 6.92 Å². The van der Waals surface area contributed by atoms with E-state index in [2.05, 4.69) is 12.7 Å². The number of carbonyl (C=O) groups is 1. The van der Waals surface area contributed by atoms with Crippen LogP contribution in [-0.4, -0.2) is 43.0 Å². The quantitative estimate of drug-likeness (QED) is 0.635. The van der Waals surface area contributed by atoms with Gasteiger partial charge in [0.2, 0.25) is 0 Å². The molecule has 0 aromatic carbocycles. The third-order valence-electron chi connectivity index (χ3n) is 4.69. The van der Waals surface area contributed by atoms with Gasteiger partial charge in [-0.25, -0.2) is 4.79 Å². The van der Waals surface area contributed by atoms with E-state index in [0.717, 1.165) is 45.1 Å². The number of hydrogen-bond acceptors (Lipinski definition) is 4. The van der Waals surface area contributed by atoms with E-state index in [1.165, 1.54) is 12.8 Å². The van der Waals surface area contributed by atoms with Crippen LogP contribution in [0, 0.1) is 0 Å². The number of cyclic esters (lactones) is 1. The van der Waals surface area contributed by atoms with Gasteiger partial charge >= 0.3 is 5.97 Å². The fourth-order valence-corrected chi connectivity index (χ4v) is 3.39. The molecule has 2 aliphatic rings. The molecule has 1 aliphatic heterocycles. The highest BCUT2D eigenvalue weighted by Gasteiger charge is 2.36. The number of hydrogen-bond donors (Lipinski definition) is 1. The highest BCUT2D eigenvalue weighted by molar-refractivity contribution is 5.74. The van der Waals surface area contributed by atoms with E-state index < -0.39 is 0 Å². The smallest absolute Gasteiger partial charge is 0.365 e. The van der Waals surface area contributed by atoms with Crippen LogP contribution < -0.4 is 18.1 Å². The third-order valence-corrected chi connectivity index (χ3v) is 4.69. The topological polar surface area (TPSA) is 72.4 Å². The van der Waals surface area contributed by atoms with Crippen molar-refractivity contribution >= 4 is 5.97 Å². The van der Waals surface area contributed by atoms with Crippen molar-refractivity contribution in [3.05, 3.63) is 0 Å². The molecule has 0 unspecified atom stereocenters. The largest absolute Gasteiger partial charge is 1.00 e. The molecule has 1 aliphatic carbocycles. The molecule has 23 heavy (non-hydrogen) atoms. The maximum Gasteiger partial charge on any atom is 0.365 e. The first-order valence-corrected chi connectivity index (χ1v) is 8.92. The Labute approximate surface area is 146 Å². The zero-order chi connectivity index (χ0) is 15.9. The van der Waals surface area contributed by atoms with E-state index in [-0.39, 0.29) is 48.8 Å². The summed E-state index contributed by atoms with van der Waals surface area (Å²) in [5.41, 5.74) is 3.92. The second kappa shape index (κ2) is 10.5. The Morgan fingerprint density at radius 1 is 1.17 bits per heavy atom. The lowest BCUT2D eigenvalue weighted by Gasteiger charge is -2.33. The summed E-state index contributed by atoms with van der Waals surface area (Å²) in [6.07, 6.45) is 8.10. The molecule has 0 aromatic rings. The maximum absolute atomic E-state index is 12.1. The Balaban J connectivity index is 0.00000264. The van der Waals surface area contributed by atoms with Crippen molar-refractivity contribution < 1.29 is 37.1 Å². The molecular weight excluding hydrogens is 318 g/mol. The van der Waals surface area contributed by atoms with Gasteiger partial charge in [0.25, 0.3) is 0 Å². The van der Waals surface area contributed by atoms with Crippen molar-refractivity contribution in [2.75, 3.05) is 6.61 Å². The minimum Gasteiger partial charge on any atom is -1.00 e. The predicted molar refractivity (Wildman–Crippen MR) is 83.2 cm³/mol. The van der Waals surface area contributed by atoms with Gasteiger partial charge in [0, 0.05) is 13.0 Å². The summed E-state index contributed by atoms with van der Waals surface area (Å²) in [4.78, 5) is 12.1. The lowest BCUT2D eigenvalue weighted by Crippen LogP contribution is -3.00. The first-order valence-electron chi connectivity index (χ1n) is 8.92. The lowest BCUT2D eigenvalue weighted by atomic mass is 10.0. The zero-order valence-electron chi connectivity index (χ0n) is 14.5. The van der Waals surface area contributed by atoms with Crippen molar-refractivity contribution in [3.63, 3.8) is 0 Å². The van der Waals surface area contributed by atoms with E-state index in [9.17, 15) is 4.79 Å². The van der Waals surface area contributed by atoms with E-state index in [4.69, 9.17) is 14.2 Å². The van der Waals surface area contributed by atoms with Crippen LogP contribution in [0.15, 0.2) is 0 Å². The average Bonchev–Trinajstić information content (AvgIpc) is 3.01. The second-order valence-electron chi connectivity index (χ2n) is 6.69. The molecule has 6 heteroatoms. The van der Waals surface area contributed by atoms with Crippen molar-refractivity contribution in [2.24, 2.45) is 0 Å². The Bertz CT molecular complexity index is 349. The molecule has 5 nitrogen and oxygen atoms in total. The van der Waals surface area contributed by atoms with Crippen LogP contribution in [0.25, 0.3) is 0 Å². The van der Waals surface area contributed by atoms with Gasteiger partial charge in [0.15, 0.2) is 6.04 Å². The van der Waals surface area contributed by atoms with Gasteiger partial charge in [-0.15, -0.1) is 0 Å². The molecule has 4 atom stereocenters. The van der Waals surface area contributed by atoms with Crippen molar-refractivity contribution in [1.29, 1.82) is 0 Å². The fourth-order valence-electron chi connectivity index (χ4n) is 3.39. The normalized spacial score (nSPS) is 33.3. The van der Waals surface area contributed by atoms with Crippen molar-refractivity contribution in [1.82, 2.24) is 0 Å². The average molecular weight is 350 g/mol. The maximum atomic E-state index is 12.1. The molecule has 0 spiro atoms. The monoisotopic (exact) mass is 349 g/mol. The molecule has 1 saturated carbocycles. The molecule has 0 aromatic heterocycles. The predicted octanol–water partition coefficient (Wildman–Crippen LogP) is -1.16. The zero-order valence-corrected chi connectivity index (χ0v) is 15.2. The number of rotatable bonds is 5. The summed E-state index contributed by atoms with van der Waals surface area (Å²) in [5.74, 6) is -0.205. The van der Waals surface area contributed by atoms with Gasteiger partial charge in [-0.3, -0.25) is 0 Å². The molecule has 0 radical (unpaired) electrons. The van der Waals surface area contributed by atoms with Crippen LogP contribution in [0.5, 0.6) is 0 Å². The van der Waals surface area contributed by atoms with Gasteiger partial charge < -0.3 is 32.4 Å². The van der Waals surface area contributed by atoms with Crippen LogP contribution in [0.1, 0.15) is 65.2 Å². The summed E-state index contributed by atoms with van der Waals surface area (Å²) in [6.45, 7) is 4.76. The van der Waals surface area contributed by atoms with Crippen LogP contribution in [0.2, 0.25) is 0 Å². The van der Waals surface area contributed by atoms with Gasteiger partial charge in [-0.2, -0.15) is 0 Å². The van der Waals surface area contributed by atoms with Gasteiger partial charge in [0.1, 0.15) is 12.2 Å². The summed E-state index contributed by atoms with van der Waals surface area (Å²) in [6, 6.07) is -0.278. The molecule has 1 heterocycles. The minimum atomic E-state index is -0.280. The molecular formula is C17H32ClNO4. The van der Waals surface area contributed by atoms with Crippen molar-refractivity contribution in [3.8, 4) is 0 Å². The first kappa shape index (κ1) is 20.7. The Morgan fingerprint density at radius 3 is 2.52 bits per heavy atom. The Morgan fingerprint density at radius 2 is 1.87 bits per heavy atom. The number of ether oxygens (including phenoxy) is 3. The summed E-state index contributed by atoms with van der Waals surface area (Å²) >= 11 is 0. The highest BCUT2D eigenvalue weighted by atomic mass is 35.5.